The SMILES string of the molecule is c1ccc(N(c2ccccc2)c2ccc3c(c2)c2cc4c5ccccc5n(-c5ccccc5)c4cc2n3-c2ccc(-c3cccc4c3sc3ccc5ccccc5c34)cc2)cc1.c1ccc(N(c2ccccc2)c2ccc3c4cc5c6ccccc6n(-c6ccc(-c7cccc8c7sc7ccccc78)cc6)c5cc4n(-c4ccccc4)c3c2)cc1. The molecule has 0 atom stereocenters. The van der Waals surface area contributed by atoms with Gasteiger partial charge >= 0.3 is 0 Å². The summed E-state index contributed by atoms with van der Waals surface area (Å²) < 4.78 is 15.1. The van der Waals surface area contributed by atoms with Crippen LogP contribution in [0.3, 0.4) is 0 Å². The average Bonchev–Trinajstić information content (AvgIpc) is 1.55. The number of hydrogen-bond acceptors (Lipinski definition) is 4. The molecular formula is C112H72N6S2. The van der Waals surface area contributed by atoms with Crippen molar-refractivity contribution in [2.24, 2.45) is 0 Å². The molecule has 0 amide bonds. The van der Waals surface area contributed by atoms with Crippen molar-refractivity contribution in [3.8, 4) is 45.0 Å². The van der Waals surface area contributed by atoms with Gasteiger partial charge < -0.3 is 28.1 Å². The average molecular weight is 1570 g/mol. The van der Waals surface area contributed by atoms with Crippen molar-refractivity contribution in [2.75, 3.05) is 9.80 Å². The summed E-state index contributed by atoms with van der Waals surface area (Å²) >= 11 is 3.78. The first-order chi connectivity index (χ1) is 59.5. The summed E-state index contributed by atoms with van der Waals surface area (Å²) in [6.07, 6.45) is 0. The highest BCUT2D eigenvalue weighted by molar-refractivity contribution is 7.27. The molecule has 0 N–H and O–H groups in total. The minimum atomic E-state index is 1.11. The molecule has 8 heteroatoms. The van der Waals surface area contributed by atoms with E-state index in [4.69, 9.17) is 0 Å². The predicted molar refractivity (Wildman–Crippen MR) is 514 cm³/mol. The van der Waals surface area contributed by atoms with E-state index in [0.29, 0.717) is 0 Å². The van der Waals surface area contributed by atoms with Gasteiger partial charge in [-0.1, -0.05) is 261 Å². The monoisotopic (exact) mass is 1560 g/mol. The standard InChI is InChI=1S/C58H37N3S.C54H35N3S/c1-4-16-40(17-5-1)59(41-18-6-2-7-19-41)44-32-33-53-49(35-44)51-36-50-47-23-12-13-26-52(47)60(42-20-8-3-9-21-42)54(50)37-55(51)61(53)43-30-27-39(28-31-43)46-24-14-25-48-57-45-22-11-10-15-38(45)29-34-56(57)62-58(46)48;1-4-15-37(16-5-1)55(38-17-6-2-7-18-38)41-31-32-44-48-34-47-43-21-10-12-25-49(43)56(51(47)35-52(48)57(50(44)33-41)39-19-8-3-9-20-39)40-29-27-36(28-30-40)42-23-14-24-46-45-22-11-13-26-53(45)58-54(42)46/h1-37H;1-35H. The highest BCUT2D eigenvalue weighted by atomic mass is 32.1. The van der Waals surface area contributed by atoms with Crippen LogP contribution in [0.15, 0.2) is 437 Å². The summed E-state index contributed by atoms with van der Waals surface area (Å²) in [5, 5.41) is 17.8. The highest BCUT2D eigenvalue weighted by Crippen LogP contribution is 2.49. The van der Waals surface area contributed by atoms with E-state index in [-0.39, 0.29) is 0 Å². The molecule has 0 aliphatic rings. The summed E-state index contributed by atoms with van der Waals surface area (Å²) in [6, 6.07) is 159. The summed E-state index contributed by atoms with van der Waals surface area (Å²) in [7, 11) is 0. The summed E-state index contributed by atoms with van der Waals surface area (Å²) in [5.41, 5.74) is 25.7. The van der Waals surface area contributed by atoms with Crippen LogP contribution in [0.2, 0.25) is 0 Å². The first-order valence-electron chi connectivity index (χ1n) is 40.9. The van der Waals surface area contributed by atoms with Crippen LogP contribution in [0.4, 0.5) is 34.1 Å². The van der Waals surface area contributed by atoms with E-state index in [0.717, 1.165) is 56.9 Å². The van der Waals surface area contributed by atoms with E-state index in [1.54, 1.807) is 0 Å². The maximum atomic E-state index is 2.46. The molecule has 562 valence electrons. The van der Waals surface area contributed by atoms with Gasteiger partial charge in [0, 0.05) is 140 Å². The van der Waals surface area contributed by atoms with Gasteiger partial charge in [-0.05, 0) is 209 Å². The lowest BCUT2D eigenvalue weighted by molar-refractivity contribution is 1.16. The van der Waals surface area contributed by atoms with Crippen LogP contribution in [0.1, 0.15) is 0 Å². The van der Waals surface area contributed by atoms with Crippen LogP contribution in [0, 0.1) is 0 Å². The lowest BCUT2D eigenvalue weighted by Crippen LogP contribution is -2.09. The number of fused-ring (bicyclic) bond motifs is 20. The molecule has 19 aromatic carbocycles. The van der Waals surface area contributed by atoms with E-state index >= 15 is 0 Å². The summed E-state index contributed by atoms with van der Waals surface area (Å²) in [4.78, 5) is 4.70. The van der Waals surface area contributed by atoms with Gasteiger partial charge in [0.15, 0.2) is 0 Å². The second kappa shape index (κ2) is 28.3. The van der Waals surface area contributed by atoms with Crippen LogP contribution in [-0.4, -0.2) is 18.3 Å². The van der Waals surface area contributed by atoms with Gasteiger partial charge in [0.05, 0.1) is 44.1 Å². The van der Waals surface area contributed by atoms with E-state index in [1.807, 2.05) is 22.7 Å². The van der Waals surface area contributed by atoms with Gasteiger partial charge in [0.2, 0.25) is 0 Å². The molecule has 6 aromatic heterocycles. The number of thiophene rings is 2. The third-order valence-electron chi connectivity index (χ3n) is 24.4. The Hall–Kier alpha value is -15.3. The molecule has 25 aromatic rings. The predicted octanol–water partition coefficient (Wildman–Crippen LogP) is 31.9. The Labute approximate surface area is 699 Å². The van der Waals surface area contributed by atoms with Crippen molar-refractivity contribution in [3.05, 3.63) is 437 Å². The number of anilines is 6. The summed E-state index contributed by atoms with van der Waals surface area (Å²) in [6.45, 7) is 0. The van der Waals surface area contributed by atoms with Gasteiger partial charge in [-0.2, -0.15) is 0 Å². The Morgan fingerprint density at radius 1 is 0.175 bits per heavy atom. The van der Waals surface area contributed by atoms with Gasteiger partial charge in [-0.15, -0.1) is 22.7 Å². The summed E-state index contributed by atoms with van der Waals surface area (Å²) in [5.74, 6) is 0. The third kappa shape index (κ3) is 11.2. The van der Waals surface area contributed by atoms with Crippen LogP contribution in [0.25, 0.3) is 183 Å². The zero-order chi connectivity index (χ0) is 78.9. The van der Waals surface area contributed by atoms with E-state index < -0.39 is 0 Å². The fourth-order valence-corrected chi connectivity index (χ4v) is 21.5. The molecule has 120 heavy (non-hydrogen) atoms. The highest BCUT2D eigenvalue weighted by Gasteiger charge is 2.25. The van der Waals surface area contributed by atoms with Gasteiger partial charge in [-0.25, -0.2) is 0 Å². The van der Waals surface area contributed by atoms with Crippen LogP contribution in [0.5, 0.6) is 0 Å². The molecule has 0 saturated heterocycles. The van der Waals surface area contributed by atoms with E-state index in [9.17, 15) is 0 Å². The zero-order valence-electron chi connectivity index (χ0n) is 65.1. The Morgan fingerprint density at radius 2 is 0.525 bits per heavy atom. The van der Waals surface area contributed by atoms with Crippen LogP contribution >= 0.6 is 22.7 Å². The third-order valence-corrected chi connectivity index (χ3v) is 26.8. The van der Waals surface area contributed by atoms with Crippen molar-refractivity contribution in [2.45, 2.75) is 0 Å². The Morgan fingerprint density at radius 3 is 1.04 bits per heavy atom. The van der Waals surface area contributed by atoms with Crippen molar-refractivity contribution in [1.82, 2.24) is 18.3 Å². The fraction of sp³-hybridized carbons (Fsp3) is 0. The molecule has 0 bridgehead atoms. The van der Waals surface area contributed by atoms with Crippen LogP contribution < -0.4 is 9.80 Å². The van der Waals surface area contributed by atoms with Crippen LogP contribution in [-0.2, 0) is 0 Å². The number of aromatic nitrogens is 4. The molecule has 0 aliphatic carbocycles. The van der Waals surface area contributed by atoms with Crippen molar-refractivity contribution in [3.63, 3.8) is 0 Å². The number of para-hydroxylation sites is 8. The van der Waals surface area contributed by atoms with Crippen molar-refractivity contribution in [1.29, 1.82) is 0 Å². The Balaban J connectivity index is 0.000000137. The topological polar surface area (TPSA) is 26.2 Å². The Bertz CT molecular complexity index is 8230. The molecule has 0 saturated carbocycles. The Kier molecular flexibility index (Phi) is 16.3. The molecule has 25 rings (SSSR count). The second-order valence-corrected chi connectivity index (χ2v) is 33.2. The molecule has 6 heterocycles. The smallest absolute Gasteiger partial charge is 0.0562 e. The molecular weight excluding hydrogens is 1490 g/mol. The molecule has 6 nitrogen and oxygen atoms in total. The fourth-order valence-electron chi connectivity index (χ4n) is 19.0. The number of benzene rings is 19. The maximum Gasteiger partial charge on any atom is 0.0562 e. The number of nitrogens with zero attached hydrogens (tertiary/aromatic N) is 6. The number of rotatable bonds is 12. The first-order valence-corrected chi connectivity index (χ1v) is 42.6. The van der Waals surface area contributed by atoms with E-state index in [2.05, 4.69) is 465 Å². The van der Waals surface area contributed by atoms with E-state index in [1.165, 1.54) is 161 Å². The van der Waals surface area contributed by atoms with Gasteiger partial charge in [0.25, 0.3) is 0 Å². The van der Waals surface area contributed by atoms with Gasteiger partial charge in [-0.3, -0.25) is 0 Å². The maximum absolute atomic E-state index is 2.46. The number of hydrogen-bond donors (Lipinski definition) is 0. The lowest BCUT2D eigenvalue weighted by atomic mass is 10.00. The minimum absolute atomic E-state index is 1.11. The van der Waals surface area contributed by atoms with Gasteiger partial charge in [0.1, 0.15) is 0 Å². The zero-order valence-corrected chi connectivity index (χ0v) is 66.7. The first kappa shape index (κ1) is 69.0. The minimum Gasteiger partial charge on any atom is -0.310 e. The normalized spacial score (nSPS) is 11.8. The quantitative estimate of drug-likeness (QED) is 0.122. The molecule has 0 aliphatic heterocycles. The molecule has 0 spiro atoms. The largest absolute Gasteiger partial charge is 0.310 e. The molecule has 0 fully saturated rings. The van der Waals surface area contributed by atoms with Crippen molar-refractivity contribution < 1.29 is 0 Å². The lowest BCUT2D eigenvalue weighted by Gasteiger charge is -2.25. The second-order valence-electron chi connectivity index (χ2n) is 31.1. The molecule has 0 unspecified atom stereocenters. The van der Waals surface area contributed by atoms with Crippen molar-refractivity contribution >= 4 is 195 Å². The molecule has 0 radical (unpaired) electrons.